The average molecular weight is 413 g/mol. The van der Waals surface area contributed by atoms with E-state index >= 15 is 0 Å². The smallest absolute Gasteiger partial charge is 0.406 e. The Bertz CT molecular complexity index is 1040. The molecule has 0 radical (unpaired) electrons. The van der Waals surface area contributed by atoms with Gasteiger partial charge in [0.25, 0.3) is 23.4 Å². The first-order chi connectivity index (χ1) is 13.0. The number of alkyl halides is 3. The number of hydrogen-bond acceptors (Lipinski definition) is 5. The molecule has 7 nitrogen and oxygen atoms in total. The molecule has 0 unspecified atom stereocenters. The normalized spacial score (nSPS) is 14.6. The van der Waals surface area contributed by atoms with Crippen LogP contribution in [0, 0.1) is 0 Å². The predicted molar refractivity (Wildman–Crippen MR) is 90.5 cm³/mol. The first kappa shape index (κ1) is 19.4. The van der Waals surface area contributed by atoms with Gasteiger partial charge in [0.15, 0.2) is 0 Å². The van der Waals surface area contributed by atoms with Gasteiger partial charge in [0.2, 0.25) is 0 Å². The van der Waals surface area contributed by atoms with Crippen molar-refractivity contribution >= 4 is 46.4 Å². The van der Waals surface area contributed by atoms with Crippen molar-refractivity contribution in [2.45, 2.75) is 6.36 Å². The van der Waals surface area contributed by atoms with E-state index in [-0.39, 0.29) is 11.3 Å². The molecule has 4 rings (SSSR count). The Kier molecular flexibility index (Phi) is 4.82. The van der Waals surface area contributed by atoms with E-state index in [1.807, 2.05) is 0 Å². The van der Waals surface area contributed by atoms with Crippen LogP contribution in [0.2, 0.25) is 5.02 Å². The van der Waals surface area contributed by atoms with Crippen molar-refractivity contribution in [3.8, 4) is 5.75 Å². The molecule has 0 aliphatic carbocycles. The lowest BCUT2D eigenvalue weighted by Gasteiger charge is -2.09. The second-order valence-electron chi connectivity index (χ2n) is 5.51. The van der Waals surface area contributed by atoms with Crippen LogP contribution in [0.5, 0.6) is 5.75 Å². The van der Waals surface area contributed by atoms with Crippen LogP contribution in [0.4, 0.5) is 24.5 Å². The third-order valence-corrected chi connectivity index (χ3v) is 3.84. The Labute approximate surface area is 159 Å². The van der Waals surface area contributed by atoms with E-state index in [0.29, 0.717) is 16.3 Å². The molecule has 2 aliphatic rings. The van der Waals surface area contributed by atoms with Crippen molar-refractivity contribution in [2.75, 3.05) is 10.6 Å². The van der Waals surface area contributed by atoms with Crippen molar-refractivity contribution in [3.63, 3.8) is 0 Å². The van der Waals surface area contributed by atoms with Crippen LogP contribution >= 0.6 is 11.6 Å². The zero-order valence-electron chi connectivity index (χ0n) is 13.5. The molecule has 0 saturated carbocycles. The van der Waals surface area contributed by atoms with Crippen molar-refractivity contribution < 1.29 is 37.1 Å². The number of rotatable bonds is 1. The van der Waals surface area contributed by atoms with Gasteiger partial charge in [0, 0.05) is 5.02 Å². The number of ether oxygens (including phenoxy) is 1. The highest BCUT2D eigenvalue weighted by atomic mass is 35.5. The summed E-state index contributed by atoms with van der Waals surface area (Å²) in [6.07, 6.45) is -4.83. The summed E-state index contributed by atoms with van der Waals surface area (Å²) in [6, 6.07) is 7.80. The van der Waals surface area contributed by atoms with Gasteiger partial charge in [-0.1, -0.05) is 11.6 Å². The Morgan fingerprint density at radius 1 is 0.786 bits per heavy atom. The molecule has 28 heavy (non-hydrogen) atoms. The van der Waals surface area contributed by atoms with Gasteiger partial charge in [-0.2, -0.15) is 0 Å². The fourth-order valence-corrected chi connectivity index (χ4v) is 2.61. The lowest BCUT2D eigenvalue weighted by Crippen LogP contribution is -2.17. The number of anilines is 2. The Morgan fingerprint density at radius 2 is 1.29 bits per heavy atom. The first-order valence-corrected chi connectivity index (χ1v) is 7.83. The number of fused-ring (bicyclic) bond motifs is 2. The average Bonchev–Trinajstić information content (AvgIpc) is 3.04. The van der Waals surface area contributed by atoms with Crippen LogP contribution in [0.3, 0.4) is 0 Å². The van der Waals surface area contributed by atoms with Crippen LogP contribution in [-0.4, -0.2) is 29.7 Å². The highest BCUT2D eigenvalue weighted by molar-refractivity contribution is 6.52. The van der Waals surface area contributed by atoms with E-state index in [2.05, 4.69) is 15.4 Å². The zero-order chi connectivity index (χ0) is 20.6. The van der Waals surface area contributed by atoms with Crippen LogP contribution in [-0.2, 0) is 9.59 Å². The minimum atomic E-state index is -4.83. The first-order valence-electron chi connectivity index (χ1n) is 7.46. The fourth-order valence-electron chi connectivity index (χ4n) is 2.43. The monoisotopic (exact) mass is 412 g/mol. The molecule has 0 aromatic heterocycles. The number of nitrogens with one attached hydrogen (secondary N) is 2. The summed E-state index contributed by atoms with van der Waals surface area (Å²) in [6.45, 7) is 0. The predicted octanol–water partition coefficient (Wildman–Crippen LogP) is 3.19. The SMILES string of the molecule is O=C1Nc2ccc(Cl)cc2C1=O.O=C1Nc2ccc(OC(F)(F)F)cc2C1=O. The summed E-state index contributed by atoms with van der Waals surface area (Å²) in [5.74, 6) is -3.38. The molecular formula is C17H8ClF3N2O5. The molecule has 0 saturated heterocycles. The minimum Gasteiger partial charge on any atom is -0.406 e. The topological polar surface area (TPSA) is 102 Å². The number of benzene rings is 2. The van der Waals surface area contributed by atoms with Crippen LogP contribution in [0.15, 0.2) is 36.4 Å². The third-order valence-electron chi connectivity index (χ3n) is 3.60. The van der Waals surface area contributed by atoms with E-state index in [4.69, 9.17) is 11.6 Å². The number of carbonyl (C=O) groups excluding carboxylic acids is 4. The third kappa shape index (κ3) is 3.96. The molecule has 2 aliphatic heterocycles. The van der Waals surface area contributed by atoms with Gasteiger partial charge in [-0.3, -0.25) is 19.2 Å². The molecule has 2 amide bonds. The lowest BCUT2D eigenvalue weighted by molar-refractivity contribution is -0.274. The highest BCUT2D eigenvalue weighted by Crippen LogP contribution is 2.30. The summed E-state index contributed by atoms with van der Waals surface area (Å²) < 4.78 is 39.3. The summed E-state index contributed by atoms with van der Waals surface area (Å²) in [4.78, 5) is 44.0. The summed E-state index contributed by atoms with van der Waals surface area (Å²) in [7, 11) is 0. The van der Waals surface area contributed by atoms with E-state index < -0.39 is 35.5 Å². The van der Waals surface area contributed by atoms with Gasteiger partial charge < -0.3 is 15.4 Å². The van der Waals surface area contributed by atoms with E-state index in [1.165, 1.54) is 12.1 Å². The van der Waals surface area contributed by atoms with Crippen LogP contribution < -0.4 is 15.4 Å². The molecule has 0 atom stereocenters. The van der Waals surface area contributed by atoms with E-state index in [1.54, 1.807) is 12.1 Å². The Morgan fingerprint density at radius 3 is 1.82 bits per heavy atom. The number of halogens is 4. The van der Waals surface area contributed by atoms with Gasteiger partial charge in [-0.05, 0) is 36.4 Å². The van der Waals surface area contributed by atoms with Crippen molar-refractivity contribution in [2.24, 2.45) is 0 Å². The maximum atomic E-state index is 11.9. The summed E-state index contributed by atoms with van der Waals surface area (Å²) in [5, 5.41) is 5.10. The van der Waals surface area contributed by atoms with Crippen molar-refractivity contribution in [1.29, 1.82) is 0 Å². The molecule has 2 heterocycles. The molecule has 2 aromatic rings. The quantitative estimate of drug-likeness (QED) is 0.700. The molecule has 0 spiro atoms. The standard InChI is InChI=1S/C9H4F3NO3.C8H4ClNO2/c10-9(11,12)16-4-1-2-6-5(3-4)7(14)8(15)13-6;9-4-1-2-6-5(3-4)7(11)8(12)10-6/h1-3H,(H,13,14,15);1-3H,(H,10,11,12). The van der Waals surface area contributed by atoms with Gasteiger partial charge in [0.05, 0.1) is 22.5 Å². The van der Waals surface area contributed by atoms with Crippen LogP contribution in [0.1, 0.15) is 20.7 Å². The number of carbonyl (C=O) groups is 4. The van der Waals surface area contributed by atoms with E-state index in [0.717, 1.165) is 12.1 Å². The molecule has 2 N–H and O–H groups in total. The molecule has 144 valence electrons. The minimum absolute atomic E-state index is 0.119. The second-order valence-corrected chi connectivity index (χ2v) is 5.95. The number of amides is 2. The van der Waals surface area contributed by atoms with Crippen LogP contribution in [0.25, 0.3) is 0 Å². The second kappa shape index (κ2) is 6.97. The molecule has 0 bridgehead atoms. The number of Topliss-reactive ketones (excluding diaryl/α,β-unsaturated/α-hetero) is 2. The maximum absolute atomic E-state index is 11.9. The fraction of sp³-hybridized carbons (Fsp3) is 0.0588. The molecule has 0 fully saturated rings. The van der Waals surface area contributed by atoms with Gasteiger partial charge >= 0.3 is 6.36 Å². The Hall–Kier alpha value is -3.40. The number of hydrogen-bond donors (Lipinski definition) is 2. The highest BCUT2D eigenvalue weighted by Gasteiger charge is 2.33. The van der Waals surface area contributed by atoms with Crippen molar-refractivity contribution in [1.82, 2.24) is 0 Å². The molecule has 2 aromatic carbocycles. The van der Waals surface area contributed by atoms with Gasteiger partial charge in [-0.25, -0.2) is 0 Å². The van der Waals surface area contributed by atoms with Gasteiger partial charge in [0.1, 0.15) is 5.75 Å². The zero-order valence-corrected chi connectivity index (χ0v) is 14.3. The lowest BCUT2D eigenvalue weighted by atomic mass is 10.1. The molecule has 11 heteroatoms. The summed E-state index contributed by atoms with van der Waals surface area (Å²) in [5.41, 5.74) is 0.957. The van der Waals surface area contributed by atoms with E-state index in [9.17, 15) is 32.3 Å². The summed E-state index contributed by atoms with van der Waals surface area (Å²) >= 11 is 5.65. The van der Waals surface area contributed by atoms with Gasteiger partial charge in [-0.15, -0.1) is 13.2 Å². The molecular weight excluding hydrogens is 405 g/mol. The maximum Gasteiger partial charge on any atom is 0.573 e. The Balaban J connectivity index is 0.000000167. The largest absolute Gasteiger partial charge is 0.573 e. The van der Waals surface area contributed by atoms with Crippen molar-refractivity contribution in [3.05, 3.63) is 52.5 Å². The number of ketones is 2.